The Morgan fingerprint density at radius 2 is 1.90 bits per heavy atom. The SMILES string of the molecule is NC(CCC(=O)Cc1cc(F)ccc1Br)c1ccccc1. The summed E-state index contributed by atoms with van der Waals surface area (Å²) in [6.45, 7) is 0. The molecule has 0 fully saturated rings. The van der Waals surface area contributed by atoms with Gasteiger partial charge in [-0.1, -0.05) is 46.3 Å². The van der Waals surface area contributed by atoms with E-state index in [1.807, 2.05) is 30.3 Å². The van der Waals surface area contributed by atoms with Crippen molar-refractivity contribution in [2.24, 2.45) is 5.73 Å². The molecule has 2 nitrogen and oxygen atoms in total. The molecule has 21 heavy (non-hydrogen) atoms. The van der Waals surface area contributed by atoms with Crippen LogP contribution in [-0.4, -0.2) is 5.78 Å². The standard InChI is InChI=1S/C17H17BrFNO/c18-16-8-6-14(19)10-13(16)11-15(21)7-9-17(20)12-4-2-1-3-5-12/h1-6,8,10,17H,7,9,11,20H2. The van der Waals surface area contributed by atoms with E-state index in [1.165, 1.54) is 12.1 Å². The summed E-state index contributed by atoms with van der Waals surface area (Å²) in [5.41, 5.74) is 7.77. The van der Waals surface area contributed by atoms with Crippen molar-refractivity contribution in [1.82, 2.24) is 0 Å². The average molecular weight is 350 g/mol. The third kappa shape index (κ3) is 4.76. The first-order chi connectivity index (χ1) is 10.1. The largest absolute Gasteiger partial charge is 0.324 e. The summed E-state index contributed by atoms with van der Waals surface area (Å²) in [6, 6.07) is 13.9. The van der Waals surface area contributed by atoms with Crippen LogP contribution in [0.2, 0.25) is 0 Å². The lowest BCUT2D eigenvalue weighted by Gasteiger charge is -2.11. The van der Waals surface area contributed by atoms with E-state index in [0.29, 0.717) is 18.4 Å². The fourth-order valence-corrected chi connectivity index (χ4v) is 2.55. The van der Waals surface area contributed by atoms with Crippen molar-refractivity contribution in [1.29, 1.82) is 0 Å². The Morgan fingerprint density at radius 1 is 1.19 bits per heavy atom. The second-order valence-corrected chi connectivity index (χ2v) is 5.86. The lowest BCUT2D eigenvalue weighted by atomic mass is 9.99. The zero-order valence-electron chi connectivity index (χ0n) is 11.6. The van der Waals surface area contributed by atoms with Crippen molar-refractivity contribution < 1.29 is 9.18 Å². The van der Waals surface area contributed by atoms with Gasteiger partial charge in [-0.05, 0) is 35.7 Å². The predicted octanol–water partition coefficient (Wildman–Crippen LogP) is 4.18. The van der Waals surface area contributed by atoms with Crippen LogP contribution in [0, 0.1) is 5.82 Å². The first-order valence-electron chi connectivity index (χ1n) is 6.82. The number of hydrogen-bond acceptors (Lipinski definition) is 2. The molecule has 110 valence electrons. The van der Waals surface area contributed by atoms with E-state index in [0.717, 1.165) is 10.0 Å². The van der Waals surface area contributed by atoms with Gasteiger partial charge in [0, 0.05) is 23.4 Å². The van der Waals surface area contributed by atoms with Crippen LogP contribution in [0.25, 0.3) is 0 Å². The number of halogens is 2. The lowest BCUT2D eigenvalue weighted by molar-refractivity contribution is -0.118. The first kappa shape index (κ1) is 15.9. The molecule has 0 heterocycles. The van der Waals surface area contributed by atoms with E-state index >= 15 is 0 Å². The van der Waals surface area contributed by atoms with Gasteiger partial charge < -0.3 is 5.73 Å². The van der Waals surface area contributed by atoms with Crippen molar-refractivity contribution in [2.75, 3.05) is 0 Å². The Hall–Kier alpha value is -1.52. The number of benzene rings is 2. The van der Waals surface area contributed by atoms with Gasteiger partial charge in [-0.15, -0.1) is 0 Å². The quantitative estimate of drug-likeness (QED) is 0.849. The van der Waals surface area contributed by atoms with E-state index in [-0.39, 0.29) is 24.1 Å². The molecule has 0 saturated carbocycles. The van der Waals surface area contributed by atoms with Gasteiger partial charge >= 0.3 is 0 Å². The zero-order chi connectivity index (χ0) is 15.2. The number of ketones is 1. The summed E-state index contributed by atoms with van der Waals surface area (Å²) in [7, 11) is 0. The second kappa shape index (κ2) is 7.48. The third-order valence-corrected chi connectivity index (χ3v) is 4.13. The summed E-state index contributed by atoms with van der Waals surface area (Å²) in [5, 5.41) is 0. The van der Waals surface area contributed by atoms with Gasteiger partial charge in [0.25, 0.3) is 0 Å². The van der Waals surface area contributed by atoms with E-state index in [2.05, 4.69) is 15.9 Å². The van der Waals surface area contributed by atoms with E-state index in [4.69, 9.17) is 5.73 Å². The van der Waals surface area contributed by atoms with Crippen LogP contribution >= 0.6 is 15.9 Å². The van der Waals surface area contributed by atoms with Gasteiger partial charge in [0.1, 0.15) is 11.6 Å². The van der Waals surface area contributed by atoms with Crippen LogP contribution < -0.4 is 5.73 Å². The minimum absolute atomic E-state index is 0.0627. The molecule has 0 aliphatic heterocycles. The highest BCUT2D eigenvalue weighted by molar-refractivity contribution is 9.10. The molecule has 2 aromatic rings. The maximum Gasteiger partial charge on any atom is 0.137 e. The van der Waals surface area contributed by atoms with Crippen LogP contribution in [0.4, 0.5) is 4.39 Å². The molecular formula is C17H17BrFNO. The zero-order valence-corrected chi connectivity index (χ0v) is 13.1. The first-order valence-corrected chi connectivity index (χ1v) is 7.61. The van der Waals surface area contributed by atoms with Gasteiger partial charge in [-0.2, -0.15) is 0 Å². The fraction of sp³-hybridized carbons (Fsp3) is 0.235. The second-order valence-electron chi connectivity index (χ2n) is 5.01. The summed E-state index contributed by atoms with van der Waals surface area (Å²) >= 11 is 3.33. The van der Waals surface area contributed by atoms with E-state index < -0.39 is 0 Å². The van der Waals surface area contributed by atoms with Gasteiger partial charge in [0.15, 0.2) is 0 Å². The number of nitrogens with two attached hydrogens (primary N) is 1. The van der Waals surface area contributed by atoms with Crippen molar-refractivity contribution in [3.63, 3.8) is 0 Å². The van der Waals surface area contributed by atoms with Gasteiger partial charge in [0.05, 0.1) is 0 Å². The Bertz CT molecular complexity index is 615. The number of rotatable bonds is 6. The maximum atomic E-state index is 13.2. The van der Waals surface area contributed by atoms with E-state index in [1.54, 1.807) is 6.07 Å². The van der Waals surface area contributed by atoms with Crippen LogP contribution in [0.5, 0.6) is 0 Å². The molecule has 0 aliphatic carbocycles. The Balaban J connectivity index is 1.89. The monoisotopic (exact) mass is 349 g/mol. The van der Waals surface area contributed by atoms with Crippen LogP contribution in [0.3, 0.4) is 0 Å². The molecule has 0 saturated heterocycles. The van der Waals surface area contributed by atoms with Crippen molar-refractivity contribution >= 4 is 21.7 Å². The van der Waals surface area contributed by atoms with Gasteiger partial charge in [0.2, 0.25) is 0 Å². The molecule has 0 spiro atoms. The number of carbonyl (C=O) groups is 1. The molecule has 4 heteroatoms. The molecule has 0 aromatic heterocycles. The topological polar surface area (TPSA) is 43.1 Å². The summed E-state index contributed by atoms with van der Waals surface area (Å²) in [4.78, 5) is 12.0. The number of carbonyl (C=O) groups excluding carboxylic acids is 1. The molecule has 0 bridgehead atoms. The molecule has 0 aliphatic rings. The average Bonchev–Trinajstić information content (AvgIpc) is 2.49. The number of Topliss-reactive ketones (excluding diaryl/α,β-unsaturated/α-hetero) is 1. The van der Waals surface area contributed by atoms with Crippen molar-refractivity contribution in [3.05, 3.63) is 69.9 Å². The van der Waals surface area contributed by atoms with Crippen molar-refractivity contribution in [3.8, 4) is 0 Å². The molecular weight excluding hydrogens is 333 g/mol. The van der Waals surface area contributed by atoms with Gasteiger partial charge in [-0.25, -0.2) is 4.39 Å². The summed E-state index contributed by atoms with van der Waals surface area (Å²) in [6.07, 6.45) is 1.20. The highest BCUT2D eigenvalue weighted by Gasteiger charge is 2.11. The summed E-state index contributed by atoms with van der Waals surface area (Å²) < 4.78 is 13.9. The molecule has 2 aromatic carbocycles. The molecule has 0 radical (unpaired) electrons. The Morgan fingerprint density at radius 3 is 2.62 bits per heavy atom. The normalized spacial score (nSPS) is 12.1. The molecule has 1 atom stereocenters. The Labute approximate surface area is 132 Å². The molecule has 2 N–H and O–H groups in total. The smallest absolute Gasteiger partial charge is 0.137 e. The van der Waals surface area contributed by atoms with Crippen LogP contribution in [0.15, 0.2) is 53.0 Å². The number of hydrogen-bond donors (Lipinski definition) is 1. The summed E-state index contributed by atoms with van der Waals surface area (Å²) in [5.74, 6) is -0.269. The maximum absolute atomic E-state index is 13.2. The predicted molar refractivity (Wildman–Crippen MR) is 85.4 cm³/mol. The molecule has 0 amide bonds. The highest BCUT2D eigenvalue weighted by atomic mass is 79.9. The molecule has 2 rings (SSSR count). The van der Waals surface area contributed by atoms with Crippen molar-refractivity contribution in [2.45, 2.75) is 25.3 Å². The third-order valence-electron chi connectivity index (χ3n) is 3.36. The minimum atomic E-state index is -0.331. The Kier molecular flexibility index (Phi) is 5.65. The highest BCUT2D eigenvalue weighted by Crippen LogP contribution is 2.20. The van der Waals surface area contributed by atoms with Gasteiger partial charge in [-0.3, -0.25) is 4.79 Å². The molecule has 1 unspecified atom stereocenters. The van der Waals surface area contributed by atoms with E-state index in [9.17, 15) is 9.18 Å². The van der Waals surface area contributed by atoms with Crippen LogP contribution in [-0.2, 0) is 11.2 Å². The van der Waals surface area contributed by atoms with Crippen LogP contribution in [0.1, 0.15) is 30.0 Å². The lowest BCUT2D eigenvalue weighted by Crippen LogP contribution is -2.13. The fourth-order valence-electron chi connectivity index (χ4n) is 2.16. The minimum Gasteiger partial charge on any atom is -0.324 e.